The molecule has 3 N–H and O–H groups in total. The Hall–Kier alpha value is -3.25. The minimum atomic E-state index is -5.50. The maximum absolute atomic E-state index is 14.8. The summed E-state index contributed by atoms with van der Waals surface area (Å²) in [5, 5.41) is 0. The number of nitrogen functional groups attached to an aromatic ring is 1. The molecular weight excluding hydrogens is 502 g/mol. The normalized spacial score (nSPS) is 22.2. The molecule has 1 heterocycles. The van der Waals surface area contributed by atoms with Crippen molar-refractivity contribution in [3.05, 3.63) is 71.2 Å². The largest absolute Gasteiger partial charge is 0.421 e. The second-order valence-electron chi connectivity index (χ2n) is 9.70. The standard InChI is InChI=1S/C24H23F4N3O4S/c1-22(2)11-18-20(19(32)12-22)23(24(26,27)28,30-36(34,35)17-9-7-16(29)8-10-17)21(33)31(18)13-14-3-5-15(25)6-4-14/h3-10,30H,11-13,29H2,1-2H3. The molecule has 2 aliphatic rings. The molecule has 0 bridgehead atoms. The molecule has 0 saturated carbocycles. The topological polar surface area (TPSA) is 110 Å². The van der Waals surface area contributed by atoms with Crippen LogP contribution >= 0.6 is 0 Å². The Balaban J connectivity index is 1.91. The van der Waals surface area contributed by atoms with Gasteiger partial charge in [0.25, 0.3) is 5.91 Å². The minimum absolute atomic E-state index is 0.0809. The smallest absolute Gasteiger partial charge is 0.399 e. The molecule has 1 unspecified atom stereocenters. The lowest BCUT2D eigenvalue weighted by atomic mass is 9.72. The number of nitrogens with two attached hydrogens (primary N) is 1. The van der Waals surface area contributed by atoms with E-state index in [2.05, 4.69) is 0 Å². The molecular formula is C24H23F4N3O4S. The molecule has 1 amide bonds. The average molecular weight is 526 g/mol. The molecule has 36 heavy (non-hydrogen) atoms. The molecule has 0 aromatic heterocycles. The van der Waals surface area contributed by atoms with Crippen LogP contribution < -0.4 is 10.5 Å². The van der Waals surface area contributed by atoms with Crippen LogP contribution in [-0.4, -0.2) is 36.7 Å². The van der Waals surface area contributed by atoms with Crippen LogP contribution in [0.2, 0.25) is 0 Å². The highest BCUT2D eigenvalue weighted by Gasteiger charge is 2.72. The van der Waals surface area contributed by atoms with Crippen LogP contribution in [0.1, 0.15) is 32.3 Å². The molecule has 1 atom stereocenters. The number of halogens is 4. The zero-order valence-electron chi connectivity index (χ0n) is 19.3. The van der Waals surface area contributed by atoms with Gasteiger partial charge in [0.15, 0.2) is 5.78 Å². The van der Waals surface area contributed by atoms with Crippen LogP contribution in [-0.2, 0) is 26.2 Å². The molecule has 7 nitrogen and oxygen atoms in total. The highest BCUT2D eigenvalue weighted by Crippen LogP contribution is 2.52. The van der Waals surface area contributed by atoms with Crippen LogP contribution in [0.25, 0.3) is 0 Å². The summed E-state index contributed by atoms with van der Waals surface area (Å²) in [5.41, 5.74) is 0.284. The van der Waals surface area contributed by atoms with E-state index >= 15 is 0 Å². The molecule has 2 aromatic rings. The number of hydrogen-bond donors (Lipinski definition) is 2. The van der Waals surface area contributed by atoms with Crippen molar-refractivity contribution in [1.82, 2.24) is 9.62 Å². The first-order chi connectivity index (χ1) is 16.6. The van der Waals surface area contributed by atoms with Gasteiger partial charge in [-0.25, -0.2) is 12.8 Å². The molecule has 2 aromatic carbocycles. The molecule has 192 valence electrons. The Kier molecular flexibility index (Phi) is 6.03. The van der Waals surface area contributed by atoms with Gasteiger partial charge in [0.1, 0.15) is 5.82 Å². The molecule has 4 rings (SSSR count). The van der Waals surface area contributed by atoms with Crippen molar-refractivity contribution in [3.8, 4) is 0 Å². The summed E-state index contributed by atoms with van der Waals surface area (Å²) in [4.78, 5) is 27.0. The van der Waals surface area contributed by atoms with Crippen molar-refractivity contribution < 1.29 is 35.6 Å². The van der Waals surface area contributed by atoms with Gasteiger partial charge in [-0.15, -0.1) is 0 Å². The summed E-state index contributed by atoms with van der Waals surface area (Å²) in [6, 6.07) is 9.13. The number of nitrogens with zero attached hydrogens (tertiary/aromatic N) is 1. The van der Waals surface area contributed by atoms with Crippen molar-refractivity contribution in [2.75, 3.05) is 5.73 Å². The third-order valence-corrected chi connectivity index (χ3v) is 7.74. The molecule has 0 saturated heterocycles. The zero-order chi connectivity index (χ0) is 26.7. The van der Waals surface area contributed by atoms with Crippen LogP contribution in [0, 0.1) is 11.2 Å². The van der Waals surface area contributed by atoms with Crippen LogP contribution in [0.15, 0.2) is 64.7 Å². The fourth-order valence-electron chi connectivity index (χ4n) is 4.64. The quantitative estimate of drug-likeness (QED) is 0.457. The predicted molar refractivity (Wildman–Crippen MR) is 122 cm³/mol. The number of carbonyl (C=O) groups is 2. The summed E-state index contributed by atoms with van der Waals surface area (Å²) in [7, 11) is -4.95. The summed E-state index contributed by atoms with van der Waals surface area (Å²) in [5.74, 6) is -3.20. The Morgan fingerprint density at radius 2 is 1.58 bits per heavy atom. The molecule has 1 aliphatic heterocycles. The minimum Gasteiger partial charge on any atom is -0.399 e. The van der Waals surface area contributed by atoms with Crippen LogP contribution in [0.4, 0.5) is 23.2 Å². The van der Waals surface area contributed by atoms with Crippen LogP contribution in [0.3, 0.4) is 0 Å². The number of ketones is 1. The maximum atomic E-state index is 14.8. The summed E-state index contributed by atoms with van der Waals surface area (Å²) < 4.78 is 85.7. The van der Waals surface area contributed by atoms with E-state index in [1.54, 1.807) is 18.6 Å². The van der Waals surface area contributed by atoms with Gasteiger partial charge in [-0.05, 0) is 53.8 Å². The van der Waals surface area contributed by atoms with Crippen molar-refractivity contribution in [2.24, 2.45) is 5.41 Å². The maximum Gasteiger partial charge on any atom is 0.421 e. The molecule has 0 fully saturated rings. The lowest BCUT2D eigenvalue weighted by molar-refractivity contribution is -0.189. The number of anilines is 1. The van der Waals surface area contributed by atoms with E-state index in [4.69, 9.17) is 5.73 Å². The van der Waals surface area contributed by atoms with Crippen molar-refractivity contribution in [1.29, 1.82) is 0 Å². The third kappa shape index (κ3) is 4.28. The Morgan fingerprint density at radius 1 is 1.00 bits per heavy atom. The number of carbonyl (C=O) groups excluding carboxylic acids is 2. The molecule has 0 spiro atoms. The first-order valence-corrected chi connectivity index (χ1v) is 12.4. The number of amides is 1. The van der Waals surface area contributed by atoms with E-state index in [-0.39, 0.29) is 24.2 Å². The number of alkyl halides is 3. The van der Waals surface area contributed by atoms with E-state index < -0.39 is 61.7 Å². The first-order valence-electron chi connectivity index (χ1n) is 10.9. The van der Waals surface area contributed by atoms with E-state index in [1.165, 1.54) is 24.3 Å². The molecule has 12 heteroatoms. The Labute approximate surface area is 205 Å². The lowest BCUT2D eigenvalue weighted by Gasteiger charge is -2.35. The number of Topliss-reactive ketones (excluding diaryl/α,β-unsaturated/α-hetero) is 1. The third-order valence-electron chi connectivity index (χ3n) is 6.28. The summed E-state index contributed by atoms with van der Waals surface area (Å²) >= 11 is 0. The van der Waals surface area contributed by atoms with Gasteiger partial charge in [-0.1, -0.05) is 26.0 Å². The van der Waals surface area contributed by atoms with E-state index in [9.17, 15) is 35.6 Å². The Morgan fingerprint density at radius 3 is 2.14 bits per heavy atom. The predicted octanol–water partition coefficient (Wildman–Crippen LogP) is 3.67. The number of hydrogen-bond acceptors (Lipinski definition) is 5. The van der Waals surface area contributed by atoms with Gasteiger partial charge in [-0.3, -0.25) is 9.59 Å². The fraction of sp³-hybridized carbons (Fsp3) is 0.333. The number of allylic oxidation sites excluding steroid dienone is 1. The van der Waals surface area contributed by atoms with Crippen molar-refractivity contribution in [2.45, 2.75) is 49.8 Å². The average Bonchev–Trinajstić information content (AvgIpc) is 2.97. The molecule has 1 aliphatic carbocycles. The second kappa shape index (κ2) is 8.41. The lowest BCUT2D eigenvalue weighted by Crippen LogP contribution is -2.66. The second-order valence-corrected chi connectivity index (χ2v) is 11.4. The Bertz CT molecular complexity index is 1370. The van der Waals surface area contributed by atoms with Gasteiger partial charge < -0.3 is 10.6 Å². The van der Waals surface area contributed by atoms with E-state index in [1.807, 2.05) is 0 Å². The first kappa shape index (κ1) is 25.8. The number of rotatable bonds is 5. The number of sulfonamides is 1. The number of nitrogens with one attached hydrogen (secondary N) is 1. The van der Waals surface area contributed by atoms with Crippen molar-refractivity contribution in [3.63, 3.8) is 0 Å². The number of benzene rings is 2. The van der Waals surface area contributed by atoms with Gasteiger partial charge >= 0.3 is 6.18 Å². The van der Waals surface area contributed by atoms with Crippen molar-refractivity contribution >= 4 is 27.4 Å². The van der Waals surface area contributed by atoms with Gasteiger partial charge in [0, 0.05) is 17.8 Å². The van der Waals surface area contributed by atoms with Gasteiger partial charge in [-0.2, -0.15) is 17.9 Å². The van der Waals surface area contributed by atoms with E-state index in [0.717, 1.165) is 29.2 Å². The van der Waals surface area contributed by atoms with Crippen LogP contribution in [0.5, 0.6) is 0 Å². The van der Waals surface area contributed by atoms with E-state index in [0.29, 0.717) is 5.56 Å². The SMILES string of the molecule is CC1(C)CC(=O)C2=C(C1)N(Cc1ccc(F)cc1)C(=O)C2(NS(=O)(=O)c1ccc(N)cc1)C(F)(F)F. The highest BCUT2D eigenvalue weighted by molar-refractivity contribution is 7.89. The molecule has 0 radical (unpaired) electrons. The monoisotopic (exact) mass is 525 g/mol. The summed E-state index contributed by atoms with van der Waals surface area (Å²) in [6.07, 6.45) is -5.90. The summed E-state index contributed by atoms with van der Waals surface area (Å²) in [6.45, 7) is 2.92. The van der Waals surface area contributed by atoms with Gasteiger partial charge in [0.05, 0.1) is 17.0 Å². The fourth-order valence-corrected chi connectivity index (χ4v) is 5.96. The zero-order valence-corrected chi connectivity index (χ0v) is 20.1. The highest BCUT2D eigenvalue weighted by atomic mass is 32.2. The van der Waals surface area contributed by atoms with Gasteiger partial charge in [0.2, 0.25) is 15.6 Å².